The molecule has 3 aliphatic carbocycles. The van der Waals surface area contributed by atoms with Gasteiger partial charge in [0.25, 0.3) is 11.8 Å². The minimum Gasteiger partial charge on any atom is -0.489 e. The number of ether oxygens (including phenoxy) is 1. The molecule has 4 aromatic carbocycles. The molecule has 1 aliphatic heterocycles. The molecule has 0 spiro atoms. The zero-order chi connectivity index (χ0) is 56.4. The number of hydrogen-bond donors (Lipinski definition) is 7. The highest BCUT2D eigenvalue weighted by Crippen LogP contribution is 2.36. The first kappa shape index (κ1) is 58.0. The number of likely N-dealkylation sites (N-methyl/N-ethyl adjacent to an activating group) is 2. The molecule has 9 atom stereocenters. The number of likely N-dealkylation sites (tertiary alicyclic amines) is 1. The highest BCUT2D eigenvalue weighted by atomic mass is 16.5. The Balaban J connectivity index is 0.892. The van der Waals surface area contributed by atoms with Crippen LogP contribution in [0.1, 0.15) is 148 Å². The Morgan fingerprint density at radius 3 is 1.80 bits per heavy atom. The number of amides is 7. The minimum atomic E-state index is -0.941. The van der Waals surface area contributed by atoms with E-state index >= 15 is 0 Å². The van der Waals surface area contributed by atoms with Crippen LogP contribution in [0.3, 0.4) is 0 Å². The van der Waals surface area contributed by atoms with E-state index in [2.05, 4.69) is 55.5 Å². The maximum atomic E-state index is 14.6. The monoisotopic (exact) mass is 1080 g/mol. The fraction of sp³-hybridized carbons (Fsp3) is 0.500. The van der Waals surface area contributed by atoms with Crippen molar-refractivity contribution >= 4 is 41.4 Å². The van der Waals surface area contributed by atoms with E-state index in [0.717, 1.165) is 73.6 Å². The third kappa shape index (κ3) is 14.4. The number of aryl methyl sites for hydroxylation is 2. The van der Waals surface area contributed by atoms with E-state index in [-0.39, 0.29) is 73.6 Å². The maximum Gasteiger partial charge on any atom is 0.255 e. The van der Waals surface area contributed by atoms with Crippen molar-refractivity contribution in [1.82, 2.24) is 47.2 Å². The standard InChI is InChI=1S/C62H81N9O8/c1-38(63-6)55(72)68-54(62(3,4)5)61(78)70-36-45(34-53(70)59(76)67-52-25-15-19-43-17-9-11-21-48(43)52)65-57(74)44-30-26-41(27-31-44)37-79-46-32-28-40(29-33-46)35-71(69-56(73)39(2)64-7)60(77)50-23-13-12-22-49(50)58(75)66-51-24-14-18-42-16-8-10-20-47(42)51/h8-11,16-17,20-21,26-33,38-39,45,49-54,63-64H,12-15,18-19,22-25,34-37H2,1-7H3,(H,65,74)(H,66,75)(H,67,76)(H,68,72)(H,69,73). The first-order valence-corrected chi connectivity index (χ1v) is 28.4. The molecule has 17 nitrogen and oxygen atoms in total. The third-order valence-electron chi connectivity index (χ3n) is 16.5. The molecule has 4 aliphatic rings. The SMILES string of the molecule is CNC(C)C(=O)NC(C(=O)N1CC(NC(=O)c2ccc(COc3ccc(CN(NC(=O)C(C)NC)C(=O)C4CCCCC4C(=O)NC4CCCc5ccccc54)cc3)cc2)CC1C(=O)NC1CCCc2ccccc21)C(C)(C)C. The highest BCUT2D eigenvalue weighted by molar-refractivity contribution is 5.96. The molecule has 4 aromatic rings. The van der Waals surface area contributed by atoms with Crippen molar-refractivity contribution in [3.8, 4) is 5.75 Å². The molecule has 9 unspecified atom stereocenters. The first-order valence-electron chi connectivity index (χ1n) is 28.4. The number of hydrazine groups is 1. The zero-order valence-electron chi connectivity index (χ0n) is 47.0. The fourth-order valence-electron chi connectivity index (χ4n) is 11.5. The van der Waals surface area contributed by atoms with Gasteiger partial charge in [-0.1, -0.05) is 106 Å². The summed E-state index contributed by atoms with van der Waals surface area (Å²) < 4.78 is 6.16. The summed E-state index contributed by atoms with van der Waals surface area (Å²) in [5.74, 6) is -2.72. The summed E-state index contributed by atoms with van der Waals surface area (Å²) in [4.78, 5) is 99.3. The fourth-order valence-corrected chi connectivity index (χ4v) is 11.5. The molecule has 422 valence electrons. The number of hydrogen-bond acceptors (Lipinski definition) is 10. The van der Waals surface area contributed by atoms with E-state index in [1.54, 1.807) is 64.3 Å². The van der Waals surface area contributed by atoms with Crippen LogP contribution in [0, 0.1) is 17.3 Å². The average Bonchev–Trinajstić information content (AvgIpc) is 3.94. The van der Waals surface area contributed by atoms with Gasteiger partial charge in [-0.25, -0.2) is 5.01 Å². The molecule has 7 N–H and O–H groups in total. The van der Waals surface area contributed by atoms with Gasteiger partial charge in [0.05, 0.1) is 36.6 Å². The zero-order valence-corrected chi connectivity index (χ0v) is 47.0. The van der Waals surface area contributed by atoms with Crippen LogP contribution in [0.2, 0.25) is 0 Å². The predicted octanol–water partition coefficient (Wildman–Crippen LogP) is 6.27. The van der Waals surface area contributed by atoms with Gasteiger partial charge in [0, 0.05) is 24.1 Å². The second-order valence-electron chi connectivity index (χ2n) is 23.1. The largest absolute Gasteiger partial charge is 0.489 e. The number of nitrogens with zero attached hydrogens (tertiary/aromatic N) is 2. The number of carbonyl (C=O) groups excluding carboxylic acids is 7. The van der Waals surface area contributed by atoms with Crippen LogP contribution < -0.4 is 42.1 Å². The van der Waals surface area contributed by atoms with E-state index in [1.165, 1.54) is 21.0 Å². The molecule has 79 heavy (non-hydrogen) atoms. The number of nitrogens with one attached hydrogen (secondary N) is 7. The Hall–Kier alpha value is -7.11. The molecule has 1 saturated heterocycles. The number of rotatable bonds is 18. The van der Waals surface area contributed by atoms with Crippen molar-refractivity contribution in [1.29, 1.82) is 0 Å². The molecule has 0 aromatic heterocycles. The Morgan fingerprint density at radius 2 is 1.20 bits per heavy atom. The second kappa shape index (κ2) is 26.2. The van der Waals surface area contributed by atoms with Gasteiger partial charge in [0.15, 0.2) is 0 Å². The summed E-state index contributed by atoms with van der Waals surface area (Å²) in [5, 5.41) is 19.8. The maximum absolute atomic E-state index is 14.6. The van der Waals surface area contributed by atoms with Crippen LogP contribution in [0.5, 0.6) is 5.75 Å². The summed E-state index contributed by atoms with van der Waals surface area (Å²) >= 11 is 0. The van der Waals surface area contributed by atoms with Crippen LogP contribution in [0.4, 0.5) is 0 Å². The van der Waals surface area contributed by atoms with E-state index < -0.39 is 53.4 Å². The molecule has 17 heteroatoms. The van der Waals surface area contributed by atoms with Crippen molar-refractivity contribution in [3.63, 3.8) is 0 Å². The molecule has 1 saturated carbocycles. The second-order valence-corrected chi connectivity index (χ2v) is 23.1. The Morgan fingerprint density at radius 1 is 0.646 bits per heavy atom. The van der Waals surface area contributed by atoms with Crippen molar-refractivity contribution in [2.75, 3.05) is 20.6 Å². The molecule has 1 heterocycles. The van der Waals surface area contributed by atoms with Gasteiger partial charge in [-0.2, -0.15) is 0 Å². The first-order chi connectivity index (χ1) is 37.9. The number of benzene rings is 4. The van der Waals surface area contributed by atoms with Crippen molar-refractivity contribution in [3.05, 3.63) is 136 Å². The lowest BCUT2D eigenvalue weighted by molar-refractivity contribution is -0.151. The van der Waals surface area contributed by atoms with Crippen molar-refractivity contribution in [2.45, 2.75) is 161 Å². The lowest BCUT2D eigenvalue weighted by atomic mass is 9.77. The average molecular weight is 1080 g/mol. The van der Waals surface area contributed by atoms with Crippen LogP contribution in [-0.2, 0) is 54.8 Å². The van der Waals surface area contributed by atoms with Crippen LogP contribution in [-0.4, -0.2) is 102 Å². The van der Waals surface area contributed by atoms with Crippen LogP contribution >= 0.6 is 0 Å². The minimum absolute atomic E-state index is 0.0768. The Bertz CT molecular complexity index is 2820. The highest BCUT2D eigenvalue weighted by Gasteiger charge is 2.46. The summed E-state index contributed by atoms with van der Waals surface area (Å²) in [7, 11) is 3.35. The molecule has 7 amide bonds. The van der Waals surface area contributed by atoms with Gasteiger partial charge in [-0.3, -0.25) is 39.0 Å². The quantitative estimate of drug-likeness (QED) is 0.0555. The van der Waals surface area contributed by atoms with E-state index in [0.29, 0.717) is 24.2 Å². The smallest absolute Gasteiger partial charge is 0.255 e. The lowest BCUT2D eigenvalue weighted by Crippen LogP contribution is -2.59. The van der Waals surface area contributed by atoms with Gasteiger partial charge >= 0.3 is 0 Å². The van der Waals surface area contributed by atoms with Crippen LogP contribution in [0.25, 0.3) is 0 Å². The van der Waals surface area contributed by atoms with Gasteiger partial charge in [0.2, 0.25) is 29.5 Å². The Kier molecular flexibility index (Phi) is 19.3. The van der Waals surface area contributed by atoms with Gasteiger partial charge in [-0.05, 0) is 149 Å². The van der Waals surface area contributed by atoms with E-state index in [1.807, 2.05) is 63.2 Å². The molecular formula is C62H81N9O8. The molecule has 2 fully saturated rings. The molecule has 8 rings (SSSR count). The van der Waals surface area contributed by atoms with Gasteiger partial charge in [0.1, 0.15) is 24.4 Å². The van der Waals surface area contributed by atoms with Crippen molar-refractivity contribution in [2.24, 2.45) is 17.3 Å². The van der Waals surface area contributed by atoms with E-state index in [4.69, 9.17) is 4.74 Å². The number of fused-ring (bicyclic) bond motifs is 2. The molecule has 0 radical (unpaired) electrons. The predicted molar refractivity (Wildman–Crippen MR) is 302 cm³/mol. The molecular weight excluding hydrogens is 999 g/mol. The lowest BCUT2D eigenvalue weighted by Gasteiger charge is -2.36. The van der Waals surface area contributed by atoms with Crippen molar-refractivity contribution < 1.29 is 38.3 Å². The summed E-state index contributed by atoms with van der Waals surface area (Å²) in [6, 6.07) is 26.8. The summed E-state index contributed by atoms with van der Waals surface area (Å²) in [6.07, 6.45) is 8.40. The normalized spacial score (nSPS) is 21.9. The summed E-state index contributed by atoms with van der Waals surface area (Å²) in [5.41, 5.74) is 8.75. The Labute approximate surface area is 465 Å². The van der Waals surface area contributed by atoms with Gasteiger partial charge in [-0.15, -0.1) is 0 Å². The molecule has 0 bridgehead atoms. The summed E-state index contributed by atoms with van der Waals surface area (Å²) in [6.45, 7) is 9.40. The van der Waals surface area contributed by atoms with Gasteiger partial charge < -0.3 is 41.5 Å². The van der Waals surface area contributed by atoms with E-state index in [9.17, 15) is 33.6 Å². The number of carbonyl (C=O) groups is 7. The topological polar surface area (TPSA) is 219 Å². The van der Waals surface area contributed by atoms with Crippen LogP contribution in [0.15, 0.2) is 97.1 Å². The third-order valence-corrected chi connectivity index (χ3v) is 16.5.